The van der Waals surface area contributed by atoms with E-state index in [0.717, 1.165) is 33.4 Å². The topological polar surface area (TPSA) is 117 Å². The Bertz CT molecular complexity index is 2380. The van der Waals surface area contributed by atoms with Crippen LogP contribution in [0.1, 0.15) is 33.4 Å². The van der Waals surface area contributed by atoms with Crippen LogP contribution < -0.4 is 9.47 Å². The number of hydrogen-bond acceptors (Lipinski definition) is 7. The van der Waals surface area contributed by atoms with Crippen molar-refractivity contribution < 1.29 is 23.9 Å². The first-order valence-corrected chi connectivity index (χ1v) is 21.5. The molecule has 0 N–H and O–H groups in total. The summed E-state index contributed by atoms with van der Waals surface area (Å²) in [5.74, 6) is 1.08. The average Bonchev–Trinajstić information content (AvgIpc) is 3.40. The van der Waals surface area contributed by atoms with E-state index in [4.69, 9.17) is 20.0 Å². The summed E-state index contributed by atoms with van der Waals surface area (Å²) >= 11 is 0. The molecule has 0 unspecified atom stereocenters. The second-order valence-electron chi connectivity index (χ2n) is 14.0. The Hall–Kier alpha value is -9.43. The zero-order chi connectivity index (χ0) is 48.1. The van der Waals surface area contributed by atoms with Gasteiger partial charge in [0.2, 0.25) is 0 Å². The van der Waals surface area contributed by atoms with Crippen LogP contribution in [0, 0.1) is 22.7 Å². The van der Waals surface area contributed by atoms with Gasteiger partial charge in [0.25, 0.3) is 0 Å². The Labute approximate surface area is 399 Å². The number of ketones is 3. The first kappa shape index (κ1) is 51.2. The quantitative estimate of drug-likeness (QED) is 0.0887. The van der Waals surface area contributed by atoms with Crippen LogP contribution in [0.3, 0.4) is 0 Å². The molecular weight excluding hydrogens is 841 g/mol. The molecule has 0 fully saturated rings. The molecule has 334 valence electrons. The molecule has 0 amide bonds. The van der Waals surface area contributed by atoms with E-state index in [1.165, 1.54) is 0 Å². The molecule has 0 aromatic heterocycles. The van der Waals surface area contributed by atoms with Crippen molar-refractivity contribution in [2.75, 3.05) is 13.2 Å². The summed E-state index contributed by atoms with van der Waals surface area (Å²) in [6, 6.07) is 69.2. The highest BCUT2D eigenvalue weighted by atomic mass is 16.5. The first-order valence-electron chi connectivity index (χ1n) is 21.5. The minimum absolute atomic E-state index is 0.00169. The van der Waals surface area contributed by atoms with Gasteiger partial charge in [0.15, 0.2) is 30.6 Å². The van der Waals surface area contributed by atoms with Crippen molar-refractivity contribution in [3.05, 3.63) is 276 Å². The van der Waals surface area contributed by atoms with Crippen molar-refractivity contribution >= 4 is 53.8 Å². The third-order valence-electron chi connectivity index (χ3n) is 8.85. The lowest BCUT2D eigenvalue weighted by molar-refractivity contribution is -0.111. The maximum absolute atomic E-state index is 11.6. The molecule has 0 heterocycles. The van der Waals surface area contributed by atoms with Crippen LogP contribution in [0.15, 0.2) is 243 Å². The van der Waals surface area contributed by atoms with Crippen molar-refractivity contribution in [1.29, 1.82) is 10.5 Å². The number of benzene rings is 7. The molecule has 68 heavy (non-hydrogen) atoms. The fourth-order valence-electron chi connectivity index (χ4n) is 5.51. The number of nitrogens with zero attached hydrogens (tertiary/aromatic N) is 2. The molecule has 0 aliphatic carbocycles. The zero-order valence-corrected chi connectivity index (χ0v) is 37.4. The minimum Gasteiger partial charge on any atom is -0.479 e. The van der Waals surface area contributed by atoms with Gasteiger partial charge < -0.3 is 9.47 Å². The van der Waals surface area contributed by atoms with Crippen molar-refractivity contribution in [2.24, 2.45) is 0 Å². The van der Waals surface area contributed by atoms with Gasteiger partial charge >= 0.3 is 0 Å². The standard InChI is InChI=1S/3C17H14O.C10H8N2O2/c3*18-17(13-11-15-7-3-1-4-8-15)14-12-16-9-5-2-6-10-16;11-4-6-13-9-2-1-3-10(8-9)14-7-5-12/h3*1-14H;1-3,8H,6-7H2. The summed E-state index contributed by atoms with van der Waals surface area (Å²) < 4.78 is 10.1. The van der Waals surface area contributed by atoms with Gasteiger partial charge in [0.05, 0.1) is 0 Å². The monoisotopic (exact) mass is 890 g/mol. The van der Waals surface area contributed by atoms with E-state index in [1.54, 1.807) is 60.7 Å². The molecule has 0 bridgehead atoms. The van der Waals surface area contributed by atoms with Gasteiger partial charge in [-0.1, -0.05) is 225 Å². The first-order chi connectivity index (χ1) is 33.4. The molecule has 7 heteroatoms. The average molecular weight is 891 g/mol. The van der Waals surface area contributed by atoms with Gasteiger partial charge in [-0.2, -0.15) is 10.5 Å². The number of ether oxygens (including phenoxy) is 2. The molecule has 7 rings (SSSR count). The summed E-state index contributed by atoms with van der Waals surface area (Å²) in [6.07, 6.45) is 20.4. The Morgan fingerprint density at radius 1 is 0.324 bits per heavy atom. The van der Waals surface area contributed by atoms with E-state index in [-0.39, 0.29) is 30.6 Å². The van der Waals surface area contributed by atoms with Gasteiger partial charge in [-0.3, -0.25) is 14.4 Å². The van der Waals surface area contributed by atoms with Crippen LogP contribution in [-0.4, -0.2) is 30.6 Å². The molecule has 0 saturated heterocycles. The third-order valence-corrected chi connectivity index (χ3v) is 8.85. The van der Waals surface area contributed by atoms with E-state index < -0.39 is 0 Å². The second-order valence-corrected chi connectivity index (χ2v) is 14.0. The Balaban J connectivity index is 0.000000199. The smallest absolute Gasteiger partial charge is 0.178 e. The van der Waals surface area contributed by atoms with Crippen molar-refractivity contribution in [1.82, 2.24) is 0 Å². The summed E-state index contributed by atoms with van der Waals surface area (Å²) in [7, 11) is 0. The summed E-state index contributed by atoms with van der Waals surface area (Å²) in [4.78, 5) is 34.8. The molecule has 0 spiro atoms. The van der Waals surface area contributed by atoms with Crippen LogP contribution >= 0.6 is 0 Å². The maximum atomic E-state index is 11.6. The Morgan fingerprint density at radius 3 is 0.721 bits per heavy atom. The molecule has 7 aromatic rings. The Kier molecular flexibility index (Phi) is 24.3. The molecule has 0 atom stereocenters. The van der Waals surface area contributed by atoms with Crippen LogP contribution in [0.5, 0.6) is 11.5 Å². The molecule has 0 aliphatic heterocycles. The van der Waals surface area contributed by atoms with Gasteiger partial charge in [0, 0.05) is 6.07 Å². The van der Waals surface area contributed by atoms with Crippen LogP contribution in [0.2, 0.25) is 0 Å². The summed E-state index contributed by atoms with van der Waals surface area (Å²) in [5, 5.41) is 16.6. The van der Waals surface area contributed by atoms with E-state index >= 15 is 0 Å². The highest BCUT2D eigenvalue weighted by molar-refractivity contribution is 6.05. The lowest BCUT2D eigenvalue weighted by atomic mass is 10.1. The van der Waals surface area contributed by atoms with Crippen molar-refractivity contribution in [3.8, 4) is 23.6 Å². The van der Waals surface area contributed by atoms with Gasteiger partial charge in [0.1, 0.15) is 23.6 Å². The fourth-order valence-corrected chi connectivity index (χ4v) is 5.51. The predicted octanol–water partition coefficient (Wildman–Crippen LogP) is 13.4. The number of nitriles is 2. The lowest BCUT2D eigenvalue weighted by Gasteiger charge is -2.04. The van der Waals surface area contributed by atoms with Crippen molar-refractivity contribution in [3.63, 3.8) is 0 Å². The molecular formula is C61H50N2O5. The third kappa shape index (κ3) is 23.3. The lowest BCUT2D eigenvalue weighted by Crippen LogP contribution is -1.96. The van der Waals surface area contributed by atoms with Crippen LogP contribution in [-0.2, 0) is 14.4 Å². The number of hydrogen-bond donors (Lipinski definition) is 0. The summed E-state index contributed by atoms with van der Waals surface area (Å²) in [6.45, 7) is 0.00338. The maximum Gasteiger partial charge on any atom is 0.178 e. The van der Waals surface area contributed by atoms with E-state index in [2.05, 4.69) is 0 Å². The number of carbonyl (C=O) groups excluding carboxylic acids is 3. The highest BCUT2D eigenvalue weighted by Crippen LogP contribution is 2.19. The zero-order valence-electron chi connectivity index (χ0n) is 37.4. The normalized spacial score (nSPS) is 10.6. The number of allylic oxidation sites excluding steroid dienone is 6. The van der Waals surface area contributed by atoms with Gasteiger partial charge in [-0.25, -0.2) is 0 Å². The van der Waals surface area contributed by atoms with Gasteiger partial charge in [-0.05, 0) is 82.0 Å². The number of carbonyl (C=O) groups is 3. The molecule has 0 radical (unpaired) electrons. The van der Waals surface area contributed by atoms with E-state index in [1.807, 2.05) is 231 Å². The van der Waals surface area contributed by atoms with Crippen LogP contribution in [0.25, 0.3) is 36.5 Å². The SMILES string of the molecule is N#CCOc1cccc(OCC#N)c1.O=C(C=Cc1ccccc1)C=Cc1ccccc1.O=C(C=Cc1ccccc1)C=Cc1ccccc1.O=C(C=Cc1ccccc1)C=Cc1ccccc1. The minimum atomic E-state index is -0.0114. The molecule has 7 nitrogen and oxygen atoms in total. The van der Waals surface area contributed by atoms with E-state index in [0.29, 0.717) is 11.5 Å². The van der Waals surface area contributed by atoms with Crippen LogP contribution in [0.4, 0.5) is 0 Å². The van der Waals surface area contributed by atoms with Gasteiger partial charge in [-0.15, -0.1) is 0 Å². The molecule has 7 aromatic carbocycles. The second kappa shape index (κ2) is 32.3. The van der Waals surface area contributed by atoms with E-state index in [9.17, 15) is 14.4 Å². The fraction of sp³-hybridized carbons (Fsp3) is 0.0328. The Morgan fingerprint density at radius 2 is 0.529 bits per heavy atom. The van der Waals surface area contributed by atoms with Crippen molar-refractivity contribution in [2.45, 2.75) is 0 Å². The highest BCUT2D eigenvalue weighted by Gasteiger charge is 1.97. The summed E-state index contributed by atoms with van der Waals surface area (Å²) in [5.41, 5.74) is 6.16. The largest absolute Gasteiger partial charge is 0.479 e. The number of rotatable bonds is 16. The predicted molar refractivity (Wildman–Crippen MR) is 277 cm³/mol. The molecule has 0 saturated carbocycles. The molecule has 0 aliphatic rings.